The second-order valence-electron chi connectivity index (χ2n) is 8.40. The SMILES string of the molecule is O=C(COC(=O)[C@H](Cc1ccccc1)NC(=O)c1ccccc1)N[C@H]1CCCc2ccccc21. The Morgan fingerprint density at radius 3 is 2.32 bits per heavy atom. The van der Waals surface area contributed by atoms with Crippen LogP contribution in [0.5, 0.6) is 0 Å². The minimum Gasteiger partial charge on any atom is -0.454 e. The Bertz CT molecular complexity index is 1130. The number of rotatable bonds is 8. The van der Waals surface area contributed by atoms with Crippen molar-refractivity contribution in [2.75, 3.05) is 6.61 Å². The first-order chi connectivity index (χ1) is 16.6. The van der Waals surface area contributed by atoms with Gasteiger partial charge in [0, 0.05) is 12.0 Å². The average molecular weight is 457 g/mol. The third-order valence-electron chi connectivity index (χ3n) is 5.96. The van der Waals surface area contributed by atoms with Crippen molar-refractivity contribution in [2.24, 2.45) is 0 Å². The van der Waals surface area contributed by atoms with Crippen molar-refractivity contribution in [3.8, 4) is 0 Å². The molecule has 2 amide bonds. The maximum atomic E-state index is 12.9. The molecule has 3 aromatic rings. The lowest BCUT2D eigenvalue weighted by Gasteiger charge is -2.26. The lowest BCUT2D eigenvalue weighted by molar-refractivity contribution is -0.150. The third-order valence-corrected chi connectivity index (χ3v) is 5.96. The molecular formula is C28H28N2O4. The minimum atomic E-state index is -0.918. The van der Waals surface area contributed by atoms with Crippen LogP contribution in [0.4, 0.5) is 0 Å². The Hall–Kier alpha value is -3.93. The molecule has 0 aliphatic heterocycles. The molecule has 2 N–H and O–H groups in total. The zero-order valence-electron chi connectivity index (χ0n) is 18.9. The van der Waals surface area contributed by atoms with Gasteiger partial charge in [-0.25, -0.2) is 4.79 Å². The fourth-order valence-corrected chi connectivity index (χ4v) is 4.25. The third kappa shape index (κ3) is 6.10. The topological polar surface area (TPSA) is 84.5 Å². The molecule has 0 saturated carbocycles. The van der Waals surface area contributed by atoms with Crippen molar-refractivity contribution in [1.29, 1.82) is 0 Å². The minimum absolute atomic E-state index is 0.0888. The molecular weight excluding hydrogens is 428 g/mol. The molecule has 0 saturated heterocycles. The predicted molar refractivity (Wildman–Crippen MR) is 129 cm³/mol. The number of amides is 2. The van der Waals surface area contributed by atoms with Gasteiger partial charge in [0.2, 0.25) is 0 Å². The fourth-order valence-electron chi connectivity index (χ4n) is 4.25. The quantitative estimate of drug-likeness (QED) is 0.506. The molecule has 6 heteroatoms. The Kier molecular flexibility index (Phi) is 7.71. The highest BCUT2D eigenvalue weighted by Gasteiger charge is 2.26. The zero-order valence-corrected chi connectivity index (χ0v) is 18.9. The van der Waals surface area contributed by atoms with Gasteiger partial charge in [-0.3, -0.25) is 9.59 Å². The van der Waals surface area contributed by atoms with Gasteiger partial charge in [-0.15, -0.1) is 0 Å². The molecule has 1 aliphatic carbocycles. The van der Waals surface area contributed by atoms with Gasteiger partial charge >= 0.3 is 5.97 Å². The van der Waals surface area contributed by atoms with Crippen LogP contribution in [0.2, 0.25) is 0 Å². The van der Waals surface area contributed by atoms with Crippen molar-refractivity contribution in [3.63, 3.8) is 0 Å². The molecule has 0 aromatic heterocycles. The van der Waals surface area contributed by atoms with Crippen molar-refractivity contribution < 1.29 is 19.1 Å². The summed E-state index contributed by atoms with van der Waals surface area (Å²) < 4.78 is 5.34. The van der Waals surface area contributed by atoms with Crippen LogP contribution in [0.25, 0.3) is 0 Å². The number of esters is 1. The van der Waals surface area contributed by atoms with Crippen LogP contribution >= 0.6 is 0 Å². The number of nitrogens with one attached hydrogen (secondary N) is 2. The maximum Gasteiger partial charge on any atom is 0.329 e. The summed E-state index contributed by atoms with van der Waals surface area (Å²) >= 11 is 0. The van der Waals surface area contributed by atoms with Crippen LogP contribution < -0.4 is 10.6 Å². The smallest absolute Gasteiger partial charge is 0.329 e. The summed E-state index contributed by atoms with van der Waals surface area (Å²) in [5.41, 5.74) is 3.68. The molecule has 0 heterocycles. The van der Waals surface area contributed by atoms with E-state index in [2.05, 4.69) is 16.7 Å². The molecule has 6 nitrogen and oxygen atoms in total. The summed E-state index contributed by atoms with van der Waals surface area (Å²) in [4.78, 5) is 38.1. The van der Waals surface area contributed by atoms with Gasteiger partial charge < -0.3 is 15.4 Å². The van der Waals surface area contributed by atoms with Crippen molar-refractivity contribution in [2.45, 2.75) is 37.8 Å². The van der Waals surface area contributed by atoms with Gasteiger partial charge in [-0.1, -0.05) is 72.8 Å². The van der Waals surface area contributed by atoms with Crippen LogP contribution in [0.1, 0.15) is 45.9 Å². The number of carbonyl (C=O) groups excluding carboxylic acids is 3. The van der Waals surface area contributed by atoms with E-state index in [0.29, 0.717) is 5.56 Å². The van der Waals surface area contributed by atoms with E-state index in [4.69, 9.17) is 4.74 Å². The molecule has 34 heavy (non-hydrogen) atoms. The largest absolute Gasteiger partial charge is 0.454 e. The number of hydrogen-bond acceptors (Lipinski definition) is 4. The lowest BCUT2D eigenvalue weighted by atomic mass is 9.88. The number of benzene rings is 3. The second kappa shape index (κ2) is 11.3. The first-order valence-corrected chi connectivity index (χ1v) is 11.5. The molecule has 2 atom stereocenters. The number of fused-ring (bicyclic) bond motifs is 1. The normalized spacial score (nSPS) is 15.5. The van der Waals surface area contributed by atoms with Crippen LogP contribution in [0, 0.1) is 0 Å². The van der Waals surface area contributed by atoms with E-state index < -0.39 is 18.6 Å². The molecule has 4 rings (SSSR count). The molecule has 1 aliphatic rings. The summed E-state index contributed by atoms with van der Waals surface area (Å²) in [5.74, 6) is -1.38. The fraction of sp³-hybridized carbons (Fsp3) is 0.250. The lowest BCUT2D eigenvalue weighted by Crippen LogP contribution is -2.44. The van der Waals surface area contributed by atoms with Crippen molar-refractivity contribution in [3.05, 3.63) is 107 Å². The first-order valence-electron chi connectivity index (χ1n) is 11.5. The number of aryl methyl sites for hydroxylation is 1. The monoisotopic (exact) mass is 456 g/mol. The highest BCUT2D eigenvalue weighted by Crippen LogP contribution is 2.29. The van der Waals surface area contributed by atoms with E-state index in [1.54, 1.807) is 24.3 Å². The molecule has 0 bridgehead atoms. The van der Waals surface area contributed by atoms with Gasteiger partial charge in [0.15, 0.2) is 6.61 Å². The molecule has 3 aromatic carbocycles. The van der Waals surface area contributed by atoms with Gasteiger partial charge in [0.05, 0.1) is 6.04 Å². The number of hydrogen-bond donors (Lipinski definition) is 2. The van der Waals surface area contributed by atoms with Crippen molar-refractivity contribution in [1.82, 2.24) is 10.6 Å². The average Bonchev–Trinajstić information content (AvgIpc) is 2.88. The first kappa shape index (κ1) is 23.2. The van der Waals surface area contributed by atoms with E-state index in [1.807, 2.05) is 54.6 Å². The molecule has 0 spiro atoms. The molecule has 0 unspecified atom stereocenters. The number of carbonyl (C=O) groups is 3. The zero-order chi connectivity index (χ0) is 23.8. The Morgan fingerprint density at radius 2 is 1.56 bits per heavy atom. The summed E-state index contributed by atoms with van der Waals surface area (Å²) in [6.45, 7) is -0.399. The summed E-state index contributed by atoms with van der Waals surface area (Å²) in [7, 11) is 0. The highest BCUT2D eigenvalue weighted by atomic mass is 16.5. The number of ether oxygens (including phenoxy) is 1. The Morgan fingerprint density at radius 1 is 0.882 bits per heavy atom. The highest BCUT2D eigenvalue weighted by molar-refractivity contribution is 5.97. The van der Waals surface area contributed by atoms with Gasteiger partial charge in [-0.05, 0) is 48.1 Å². The molecule has 0 radical (unpaired) electrons. The maximum absolute atomic E-state index is 12.9. The van der Waals surface area contributed by atoms with Crippen molar-refractivity contribution >= 4 is 17.8 Å². The van der Waals surface area contributed by atoms with E-state index in [0.717, 1.165) is 30.4 Å². The standard InChI is InChI=1S/C28H28N2O4/c31-26(29-24-17-9-15-21-12-7-8-16-23(21)24)19-34-28(33)25(18-20-10-3-1-4-11-20)30-27(32)22-13-5-2-6-14-22/h1-8,10-14,16,24-25H,9,15,17-19H2,(H,29,31)(H,30,32)/t24-,25-/m0/s1. The summed E-state index contributed by atoms with van der Waals surface area (Å²) in [6.07, 6.45) is 3.10. The second-order valence-corrected chi connectivity index (χ2v) is 8.40. The summed E-state index contributed by atoms with van der Waals surface area (Å²) in [6, 6.07) is 25.1. The van der Waals surface area contributed by atoms with Gasteiger partial charge in [0.25, 0.3) is 11.8 Å². The Labute approximate surface area is 199 Å². The van der Waals surface area contributed by atoms with Crippen LogP contribution in [0.3, 0.4) is 0 Å². The van der Waals surface area contributed by atoms with Crippen LogP contribution in [-0.2, 0) is 27.2 Å². The molecule has 174 valence electrons. The van der Waals surface area contributed by atoms with E-state index >= 15 is 0 Å². The van der Waals surface area contributed by atoms with Gasteiger partial charge in [0.1, 0.15) is 6.04 Å². The van der Waals surface area contributed by atoms with Crippen LogP contribution in [0.15, 0.2) is 84.9 Å². The van der Waals surface area contributed by atoms with Crippen LogP contribution in [-0.4, -0.2) is 30.4 Å². The van der Waals surface area contributed by atoms with Gasteiger partial charge in [-0.2, -0.15) is 0 Å². The van der Waals surface area contributed by atoms with E-state index in [-0.39, 0.29) is 24.3 Å². The molecule has 0 fully saturated rings. The Balaban J connectivity index is 1.38. The van der Waals surface area contributed by atoms with E-state index in [9.17, 15) is 14.4 Å². The van der Waals surface area contributed by atoms with E-state index in [1.165, 1.54) is 5.56 Å². The summed E-state index contributed by atoms with van der Waals surface area (Å²) in [5, 5.41) is 5.74. The predicted octanol–water partition coefficient (Wildman–Crippen LogP) is 3.76.